The minimum Gasteiger partial charge on any atom is -0.471 e. The second-order valence-electron chi connectivity index (χ2n) is 6.05. The van der Waals surface area contributed by atoms with Crippen LogP contribution < -0.4 is 20.7 Å². The number of anilines is 1. The molecule has 1 aliphatic heterocycles. The Labute approximate surface area is 145 Å². The molecule has 130 valence electrons. The molecule has 3 N–H and O–H groups in total. The van der Waals surface area contributed by atoms with Crippen LogP contribution in [0, 0.1) is 0 Å². The van der Waals surface area contributed by atoms with Gasteiger partial charge in [-0.1, -0.05) is 30.3 Å². The number of hydrogen-bond donors (Lipinski definition) is 3. The topological polar surface area (TPSA) is 92.3 Å². The fourth-order valence-electron chi connectivity index (χ4n) is 2.58. The summed E-state index contributed by atoms with van der Waals surface area (Å²) < 4.78 is 5.71. The molecule has 1 atom stereocenters. The third kappa shape index (κ3) is 4.06. The summed E-state index contributed by atoms with van der Waals surface area (Å²) in [5, 5.41) is 8.12. The van der Waals surface area contributed by atoms with E-state index in [1.54, 1.807) is 25.3 Å². The zero-order valence-electron chi connectivity index (χ0n) is 13.9. The molecule has 3 amide bonds. The van der Waals surface area contributed by atoms with Crippen molar-refractivity contribution < 1.29 is 14.3 Å². The van der Waals surface area contributed by atoms with Gasteiger partial charge in [-0.25, -0.2) is 9.78 Å². The van der Waals surface area contributed by atoms with Gasteiger partial charge in [0.05, 0.1) is 0 Å². The number of amides is 3. The SMILES string of the molecule is CC1(NC(=O)Nc2cccnc2OCc2ccccc2)CCNC1=O. The Kier molecular flexibility index (Phi) is 4.83. The third-order valence-corrected chi connectivity index (χ3v) is 4.04. The molecule has 1 aromatic carbocycles. The van der Waals surface area contributed by atoms with Crippen molar-refractivity contribution in [3.63, 3.8) is 0 Å². The zero-order chi connectivity index (χ0) is 17.7. The number of nitrogens with one attached hydrogen (secondary N) is 3. The maximum absolute atomic E-state index is 12.3. The van der Waals surface area contributed by atoms with Crippen molar-refractivity contribution in [2.45, 2.75) is 25.5 Å². The number of carbonyl (C=O) groups is 2. The first-order chi connectivity index (χ1) is 12.1. The van der Waals surface area contributed by atoms with E-state index in [1.807, 2.05) is 30.3 Å². The Balaban J connectivity index is 1.64. The first-order valence-corrected chi connectivity index (χ1v) is 8.06. The number of carbonyl (C=O) groups excluding carboxylic acids is 2. The fourth-order valence-corrected chi connectivity index (χ4v) is 2.58. The summed E-state index contributed by atoms with van der Waals surface area (Å²) in [6.45, 7) is 2.59. The van der Waals surface area contributed by atoms with Crippen LogP contribution in [-0.4, -0.2) is 29.0 Å². The van der Waals surface area contributed by atoms with Gasteiger partial charge in [0, 0.05) is 12.7 Å². The number of pyridine rings is 1. The number of rotatable bonds is 5. The summed E-state index contributed by atoms with van der Waals surface area (Å²) in [5.74, 6) is 0.136. The van der Waals surface area contributed by atoms with Crippen molar-refractivity contribution in [2.24, 2.45) is 0 Å². The van der Waals surface area contributed by atoms with Gasteiger partial charge < -0.3 is 20.7 Å². The van der Waals surface area contributed by atoms with Crippen LogP contribution in [0.4, 0.5) is 10.5 Å². The lowest BCUT2D eigenvalue weighted by atomic mass is 10.0. The van der Waals surface area contributed by atoms with Crippen LogP contribution >= 0.6 is 0 Å². The smallest absolute Gasteiger partial charge is 0.320 e. The van der Waals surface area contributed by atoms with Gasteiger partial charge in [-0.05, 0) is 31.0 Å². The molecule has 7 heteroatoms. The van der Waals surface area contributed by atoms with E-state index in [9.17, 15) is 9.59 Å². The van der Waals surface area contributed by atoms with Gasteiger partial charge in [0.25, 0.3) is 0 Å². The van der Waals surface area contributed by atoms with Gasteiger partial charge in [0.15, 0.2) is 0 Å². The average molecular weight is 340 g/mol. The quantitative estimate of drug-likeness (QED) is 0.777. The van der Waals surface area contributed by atoms with E-state index in [0.29, 0.717) is 31.1 Å². The average Bonchev–Trinajstić information content (AvgIpc) is 2.93. The van der Waals surface area contributed by atoms with E-state index in [0.717, 1.165) is 5.56 Å². The van der Waals surface area contributed by atoms with Crippen LogP contribution in [-0.2, 0) is 11.4 Å². The molecule has 25 heavy (non-hydrogen) atoms. The van der Waals surface area contributed by atoms with Crippen molar-refractivity contribution in [2.75, 3.05) is 11.9 Å². The largest absolute Gasteiger partial charge is 0.471 e. The van der Waals surface area contributed by atoms with Crippen molar-refractivity contribution in [1.29, 1.82) is 0 Å². The van der Waals surface area contributed by atoms with Gasteiger partial charge in [0.1, 0.15) is 17.8 Å². The fraction of sp³-hybridized carbons (Fsp3) is 0.278. The summed E-state index contributed by atoms with van der Waals surface area (Å²) in [5.41, 5.74) is 0.536. The molecule has 0 radical (unpaired) electrons. The number of hydrogen-bond acceptors (Lipinski definition) is 4. The highest BCUT2D eigenvalue weighted by molar-refractivity contribution is 5.97. The maximum Gasteiger partial charge on any atom is 0.320 e. The maximum atomic E-state index is 12.3. The standard InChI is InChI=1S/C18H20N4O3/c1-18(9-11-20-16(18)23)22-17(24)21-14-8-5-10-19-15(14)25-12-13-6-3-2-4-7-13/h2-8,10H,9,11-12H2,1H3,(H,20,23)(H2,21,22,24). The highest BCUT2D eigenvalue weighted by Gasteiger charge is 2.39. The zero-order valence-corrected chi connectivity index (χ0v) is 13.9. The predicted molar refractivity (Wildman–Crippen MR) is 93.2 cm³/mol. The van der Waals surface area contributed by atoms with Crippen molar-refractivity contribution >= 4 is 17.6 Å². The Morgan fingerprint density at radius 3 is 2.80 bits per heavy atom. The van der Waals surface area contributed by atoms with Crippen LogP contribution in [0.1, 0.15) is 18.9 Å². The summed E-state index contributed by atoms with van der Waals surface area (Å²) in [6.07, 6.45) is 2.14. The molecular formula is C18H20N4O3. The van der Waals surface area contributed by atoms with E-state index in [2.05, 4.69) is 20.9 Å². The van der Waals surface area contributed by atoms with E-state index in [4.69, 9.17) is 4.74 Å². The molecular weight excluding hydrogens is 320 g/mol. The van der Waals surface area contributed by atoms with Crippen LogP contribution in [0.5, 0.6) is 5.88 Å². The van der Waals surface area contributed by atoms with Gasteiger partial charge in [-0.3, -0.25) is 4.79 Å². The van der Waals surface area contributed by atoms with Crippen molar-refractivity contribution in [1.82, 2.24) is 15.6 Å². The molecule has 3 rings (SSSR count). The lowest BCUT2D eigenvalue weighted by molar-refractivity contribution is -0.123. The van der Waals surface area contributed by atoms with Crippen LogP contribution in [0.3, 0.4) is 0 Å². The van der Waals surface area contributed by atoms with Gasteiger partial charge in [0.2, 0.25) is 11.8 Å². The number of aromatic nitrogens is 1. The van der Waals surface area contributed by atoms with Gasteiger partial charge >= 0.3 is 6.03 Å². The Morgan fingerprint density at radius 2 is 2.08 bits per heavy atom. The molecule has 1 aromatic heterocycles. The van der Waals surface area contributed by atoms with Gasteiger partial charge in [-0.15, -0.1) is 0 Å². The molecule has 0 bridgehead atoms. The third-order valence-electron chi connectivity index (χ3n) is 4.04. The van der Waals surface area contributed by atoms with Crippen LogP contribution in [0.25, 0.3) is 0 Å². The summed E-state index contributed by atoms with van der Waals surface area (Å²) in [7, 11) is 0. The molecule has 1 saturated heterocycles. The monoisotopic (exact) mass is 340 g/mol. The van der Waals surface area contributed by atoms with Crippen LogP contribution in [0.15, 0.2) is 48.7 Å². The molecule has 1 aliphatic rings. The number of nitrogens with zero attached hydrogens (tertiary/aromatic N) is 1. The number of urea groups is 1. The van der Waals surface area contributed by atoms with E-state index < -0.39 is 11.6 Å². The summed E-state index contributed by atoms with van der Waals surface area (Å²) >= 11 is 0. The Bertz CT molecular complexity index is 766. The first kappa shape index (κ1) is 16.8. The van der Waals surface area contributed by atoms with Crippen LogP contribution in [0.2, 0.25) is 0 Å². The van der Waals surface area contributed by atoms with Crippen molar-refractivity contribution in [3.8, 4) is 5.88 Å². The lowest BCUT2D eigenvalue weighted by Gasteiger charge is -2.22. The molecule has 2 heterocycles. The molecule has 7 nitrogen and oxygen atoms in total. The second kappa shape index (κ2) is 7.21. The summed E-state index contributed by atoms with van der Waals surface area (Å²) in [6, 6.07) is 12.6. The normalized spacial score (nSPS) is 19.2. The number of ether oxygens (including phenoxy) is 1. The summed E-state index contributed by atoms with van der Waals surface area (Å²) in [4.78, 5) is 28.2. The van der Waals surface area contributed by atoms with E-state index in [-0.39, 0.29) is 5.91 Å². The highest BCUT2D eigenvalue weighted by atomic mass is 16.5. The van der Waals surface area contributed by atoms with E-state index >= 15 is 0 Å². The Hall–Kier alpha value is -3.09. The molecule has 1 unspecified atom stereocenters. The van der Waals surface area contributed by atoms with Gasteiger partial charge in [-0.2, -0.15) is 0 Å². The number of benzene rings is 1. The van der Waals surface area contributed by atoms with Crippen molar-refractivity contribution in [3.05, 3.63) is 54.2 Å². The second-order valence-corrected chi connectivity index (χ2v) is 6.05. The molecule has 0 saturated carbocycles. The Morgan fingerprint density at radius 1 is 1.28 bits per heavy atom. The first-order valence-electron chi connectivity index (χ1n) is 8.06. The molecule has 0 spiro atoms. The van der Waals surface area contributed by atoms with E-state index in [1.165, 1.54) is 0 Å². The molecule has 2 aromatic rings. The molecule has 0 aliphatic carbocycles. The highest BCUT2D eigenvalue weighted by Crippen LogP contribution is 2.22. The predicted octanol–water partition coefficient (Wildman–Crippen LogP) is 2.06. The lowest BCUT2D eigenvalue weighted by Crippen LogP contribution is -2.52. The minimum atomic E-state index is -0.905. The minimum absolute atomic E-state index is 0.186. The molecule has 1 fully saturated rings.